The van der Waals surface area contributed by atoms with Crippen molar-refractivity contribution >= 4 is 5.78 Å². The molecule has 0 aliphatic carbocycles. The van der Waals surface area contributed by atoms with Crippen LogP contribution in [-0.4, -0.2) is 10.9 Å². The third-order valence-electron chi connectivity index (χ3n) is 0.953. The van der Waals surface area contributed by atoms with Gasteiger partial charge in [-0.1, -0.05) is 6.92 Å². The van der Waals surface area contributed by atoms with Crippen LogP contribution < -0.4 is 0 Å². The topological polar surface area (TPSA) is 37.3 Å². The summed E-state index contributed by atoms with van der Waals surface area (Å²) >= 11 is 0. The number of aliphatic hydroxyl groups is 1. The predicted molar refractivity (Wildman–Crippen MR) is 36.0 cm³/mol. The van der Waals surface area contributed by atoms with Gasteiger partial charge >= 0.3 is 0 Å². The van der Waals surface area contributed by atoms with Crippen molar-refractivity contribution in [3.8, 4) is 0 Å². The number of allylic oxidation sites excluding steroid dienone is 2. The molecule has 0 aliphatic heterocycles. The summed E-state index contributed by atoms with van der Waals surface area (Å²) in [6.45, 7) is 3.43. The van der Waals surface area contributed by atoms with Gasteiger partial charge in [0.15, 0.2) is 6.08 Å². The molecule has 0 saturated heterocycles. The van der Waals surface area contributed by atoms with E-state index in [-0.39, 0.29) is 11.5 Å². The highest BCUT2D eigenvalue weighted by Crippen LogP contribution is 1.94. The molecule has 0 radical (unpaired) electrons. The van der Waals surface area contributed by atoms with E-state index in [1.54, 1.807) is 13.8 Å². The molecular weight excluding hydrogens is 116 g/mol. The highest BCUT2D eigenvalue weighted by molar-refractivity contribution is 5.89. The minimum atomic E-state index is -0.0504. The molecule has 0 aromatic heterocycles. The number of hydrogen-bond acceptors (Lipinski definition) is 2. The van der Waals surface area contributed by atoms with Gasteiger partial charge in [0.25, 0.3) is 5.76 Å². The molecule has 0 heterocycles. The molecule has 0 unspecified atom stereocenters. The van der Waals surface area contributed by atoms with Crippen LogP contribution in [0, 0.1) is 6.42 Å². The lowest BCUT2D eigenvalue weighted by molar-refractivity contribution is -0.114. The van der Waals surface area contributed by atoms with E-state index in [9.17, 15) is 4.79 Å². The molecule has 50 valence electrons. The van der Waals surface area contributed by atoms with E-state index in [0.717, 1.165) is 0 Å². The van der Waals surface area contributed by atoms with Crippen LogP contribution in [0.5, 0.6) is 0 Å². The molecule has 2 nitrogen and oxygen atoms in total. The Balaban J connectivity index is 3.79. The zero-order valence-corrected chi connectivity index (χ0v) is 5.72. The molecule has 0 atom stereocenters. The fourth-order valence-corrected chi connectivity index (χ4v) is 0.350. The van der Waals surface area contributed by atoms with E-state index in [2.05, 4.69) is 0 Å². The lowest BCUT2D eigenvalue weighted by Gasteiger charge is -1.80. The Labute approximate surface area is 55.2 Å². The van der Waals surface area contributed by atoms with Crippen molar-refractivity contribution in [3.63, 3.8) is 0 Å². The first kappa shape index (κ1) is 8.08. The van der Waals surface area contributed by atoms with Crippen LogP contribution in [0.2, 0.25) is 0 Å². The normalized spacial score (nSPS) is 11.1. The van der Waals surface area contributed by atoms with Crippen molar-refractivity contribution in [2.45, 2.75) is 20.3 Å². The van der Waals surface area contributed by atoms with E-state index in [1.807, 2.05) is 0 Å². The molecule has 0 bridgehead atoms. The summed E-state index contributed by atoms with van der Waals surface area (Å²) in [5.41, 5.74) is 0. The maximum absolute atomic E-state index is 10.5. The summed E-state index contributed by atoms with van der Waals surface area (Å²) in [6.07, 6.45) is 3.14. The van der Waals surface area contributed by atoms with Crippen molar-refractivity contribution < 1.29 is 9.90 Å². The van der Waals surface area contributed by atoms with Gasteiger partial charge in [-0.15, -0.1) is 0 Å². The minimum absolute atomic E-state index is 0.0434. The number of hydrogen-bond donors (Lipinski definition) is 1. The standard InChI is InChI=1S/C7H10O2/c1-3-6(8)5-7(9)4-2/h3,5H,4H2,1-2H3/p+1. The summed E-state index contributed by atoms with van der Waals surface area (Å²) in [4.78, 5) is 10.5. The number of carbonyl (C=O) groups is 1. The quantitative estimate of drug-likeness (QED) is 0.355. The molecule has 0 fully saturated rings. The maximum atomic E-state index is 10.5. The van der Waals surface area contributed by atoms with E-state index >= 15 is 0 Å². The Kier molecular flexibility index (Phi) is 3.60. The van der Waals surface area contributed by atoms with Gasteiger partial charge in [0.1, 0.15) is 0 Å². The molecule has 1 N–H and O–H groups in total. The molecule has 0 spiro atoms. The zero-order chi connectivity index (χ0) is 7.28. The largest absolute Gasteiger partial charge is 0.477 e. The second kappa shape index (κ2) is 4.01. The van der Waals surface area contributed by atoms with Crippen LogP contribution in [0.4, 0.5) is 0 Å². The van der Waals surface area contributed by atoms with Gasteiger partial charge in [-0.05, 0) is 0 Å². The van der Waals surface area contributed by atoms with Crippen LogP contribution in [0.3, 0.4) is 0 Å². The number of rotatable bonds is 3. The first-order chi connectivity index (χ1) is 4.20. The van der Waals surface area contributed by atoms with Crippen molar-refractivity contribution in [2.24, 2.45) is 0 Å². The van der Waals surface area contributed by atoms with Gasteiger partial charge in [-0.2, -0.15) is 0 Å². The van der Waals surface area contributed by atoms with E-state index in [0.29, 0.717) is 6.42 Å². The Morgan fingerprint density at radius 2 is 2.33 bits per heavy atom. The average Bonchev–Trinajstić information content (AvgIpc) is 1.87. The summed E-state index contributed by atoms with van der Waals surface area (Å²) in [5, 5.41) is 8.74. The maximum Gasteiger partial charge on any atom is 0.281 e. The Hall–Kier alpha value is -0.920. The summed E-state index contributed by atoms with van der Waals surface area (Å²) < 4.78 is 0. The van der Waals surface area contributed by atoms with Gasteiger partial charge in [-0.3, -0.25) is 4.79 Å². The lowest BCUT2D eigenvalue weighted by Crippen LogP contribution is -1.91. The van der Waals surface area contributed by atoms with Crippen molar-refractivity contribution in [1.82, 2.24) is 0 Å². The SMILES string of the molecule is C[CH+]C(O)=CC(=O)CC. The van der Waals surface area contributed by atoms with Crippen LogP contribution >= 0.6 is 0 Å². The van der Waals surface area contributed by atoms with Crippen LogP contribution in [0.15, 0.2) is 11.8 Å². The first-order valence-corrected chi connectivity index (χ1v) is 2.93. The first-order valence-electron chi connectivity index (χ1n) is 2.93. The highest BCUT2D eigenvalue weighted by Gasteiger charge is 2.03. The lowest BCUT2D eigenvalue weighted by atomic mass is 10.2. The molecule has 0 aromatic carbocycles. The van der Waals surface area contributed by atoms with Gasteiger partial charge in [0, 0.05) is 13.3 Å². The molecule has 2 heteroatoms. The molecule has 0 aliphatic rings. The van der Waals surface area contributed by atoms with Crippen LogP contribution in [-0.2, 0) is 4.79 Å². The fraction of sp³-hybridized carbons (Fsp3) is 0.429. The number of carbonyl (C=O) groups excluding carboxylic acids is 1. The molecule has 0 saturated carbocycles. The van der Waals surface area contributed by atoms with Crippen molar-refractivity contribution in [2.75, 3.05) is 0 Å². The Bertz CT molecular complexity index is 125. The molecule has 0 rings (SSSR count). The van der Waals surface area contributed by atoms with Crippen molar-refractivity contribution in [1.29, 1.82) is 0 Å². The Morgan fingerprint density at radius 1 is 1.78 bits per heavy atom. The minimum Gasteiger partial charge on any atom is -0.477 e. The van der Waals surface area contributed by atoms with E-state index in [4.69, 9.17) is 5.11 Å². The van der Waals surface area contributed by atoms with Gasteiger partial charge < -0.3 is 5.11 Å². The van der Waals surface area contributed by atoms with Crippen LogP contribution in [0.25, 0.3) is 0 Å². The monoisotopic (exact) mass is 127 g/mol. The number of ketones is 1. The molecule has 9 heavy (non-hydrogen) atoms. The molecular formula is C7H11O2+. The predicted octanol–water partition coefficient (Wildman–Crippen LogP) is 1.63. The Morgan fingerprint density at radius 3 is 2.67 bits per heavy atom. The molecule has 0 amide bonds. The summed E-state index contributed by atoms with van der Waals surface area (Å²) in [7, 11) is 0. The summed E-state index contributed by atoms with van der Waals surface area (Å²) in [5.74, 6) is -0.00699. The zero-order valence-electron chi connectivity index (χ0n) is 5.72. The average molecular weight is 127 g/mol. The van der Waals surface area contributed by atoms with Gasteiger partial charge in [-0.25, -0.2) is 0 Å². The van der Waals surface area contributed by atoms with Gasteiger partial charge in [0.2, 0.25) is 5.78 Å². The summed E-state index contributed by atoms with van der Waals surface area (Å²) in [6, 6.07) is 0. The fourth-order valence-electron chi connectivity index (χ4n) is 0.350. The highest BCUT2D eigenvalue weighted by atomic mass is 16.3. The second-order valence-corrected chi connectivity index (χ2v) is 1.68. The van der Waals surface area contributed by atoms with E-state index < -0.39 is 0 Å². The van der Waals surface area contributed by atoms with Gasteiger partial charge in [0.05, 0.1) is 6.42 Å². The third-order valence-corrected chi connectivity index (χ3v) is 0.953. The van der Waals surface area contributed by atoms with Crippen molar-refractivity contribution in [3.05, 3.63) is 18.3 Å². The number of aliphatic hydroxyl groups excluding tert-OH is 1. The smallest absolute Gasteiger partial charge is 0.281 e. The van der Waals surface area contributed by atoms with E-state index in [1.165, 1.54) is 12.5 Å². The van der Waals surface area contributed by atoms with Crippen LogP contribution in [0.1, 0.15) is 20.3 Å². The third kappa shape index (κ3) is 3.64. The second-order valence-electron chi connectivity index (χ2n) is 1.68. The molecule has 0 aromatic rings.